The second-order valence-electron chi connectivity index (χ2n) is 7.29. The maximum absolute atomic E-state index is 13.8. The van der Waals surface area contributed by atoms with Gasteiger partial charge in [0.1, 0.15) is 22.3 Å². The number of benzene rings is 1. The van der Waals surface area contributed by atoms with Gasteiger partial charge in [0.15, 0.2) is 5.65 Å². The molecule has 0 aliphatic rings. The van der Waals surface area contributed by atoms with E-state index >= 15 is 0 Å². The molecule has 0 atom stereocenters. The van der Waals surface area contributed by atoms with Crippen molar-refractivity contribution in [1.82, 2.24) is 14.6 Å². The number of hydrogen-bond acceptors (Lipinski definition) is 5. The molecule has 32 heavy (non-hydrogen) atoms. The number of nitrogens with one attached hydrogen (secondary N) is 1. The highest BCUT2D eigenvalue weighted by Gasteiger charge is 2.23. The van der Waals surface area contributed by atoms with Crippen molar-refractivity contribution in [1.29, 1.82) is 5.26 Å². The fraction of sp³-hybridized carbons (Fsp3) is 0.217. The van der Waals surface area contributed by atoms with E-state index in [9.17, 15) is 18.8 Å². The van der Waals surface area contributed by atoms with Crippen molar-refractivity contribution in [2.75, 3.05) is 5.32 Å². The minimum absolute atomic E-state index is 0.0263. The summed E-state index contributed by atoms with van der Waals surface area (Å²) in [6, 6.07) is 10.7. The van der Waals surface area contributed by atoms with Gasteiger partial charge in [-0.3, -0.25) is 4.79 Å². The molecule has 0 bridgehead atoms. The fourth-order valence-corrected chi connectivity index (χ4v) is 4.65. The van der Waals surface area contributed by atoms with Crippen molar-refractivity contribution >= 4 is 27.9 Å². The first kappa shape index (κ1) is 21.6. The molecule has 4 aromatic rings. The van der Waals surface area contributed by atoms with Crippen molar-refractivity contribution in [3.05, 3.63) is 69.4 Å². The number of carbonyl (C=O) groups is 1. The first-order chi connectivity index (χ1) is 15.3. The number of aryl methyl sites for hydroxylation is 2. The van der Waals surface area contributed by atoms with Crippen LogP contribution in [-0.4, -0.2) is 20.5 Å². The van der Waals surface area contributed by atoms with Crippen LogP contribution in [0.5, 0.6) is 0 Å². The molecule has 0 saturated heterocycles. The monoisotopic (exact) mass is 451 g/mol. The normalized spacial score (nSPS) is 11.2. The number of fused-ring (bicyclic) bond motifs is 1. The van der Waals surface area contributed by atoms with Crippen LogP contribution in [0, 0.1) is 25.2 Å². The van der Waals surface area contributed by atoms with E-state index in [1.54, 1.807) is 12.1 Å². The Labute approximate surface area is 187 Å². The maximum atomic E-state index is 13.8. The van der Waals surface area contributed by atoms with E-state index in [2.05, 4.69) is 21.5 Å². The number of halogens is 2. The fourth-order valence-electron chi connectivity index (χ4n) is 3.56. The third kappa shape index (κ3) is 3.74. The third-order valence-corrected chi connectivity index (χ3v) is 6.28. The van der Waals surface area contributed by atoms with Gasteiger partial charge in [-0.2, -0.15) is 10.4 Å². The molecule has 0 aliphatic heterocycles. The minimum Gasteiger partial charge on any atom is -0.312 e. The number of anilines is 1. The van der Waals surface area contributed by atoms with Gasteiger partial charge in [-0.25, -0.2) is 18.3 Å². The largest absolute Gasteiger partial charge is 0.312 e. The molecule has 0 saturated carbocycles. The van der Waals surface area contributed by atoms with Crippen LogP contribution in [0.1, 0.15) is 51.0 Å². The summed E-state index contributed by atoms with van der Waals surface area (Å²) in [6.45, 7) is 5.75. The molecule has 0 aliphatic carbocycles. The number of rotatable bonds is 5. The van der Waals surface area contributed by atoms with Gasteiger partial charge < -0.3 is 5.32 Å². The highest BCUT2D eigenvalue weighted by molar-refractivity contribution is 7.16. The van der Waals surface area contributed by atoms with Crippen LogP contribution >= 0.6 is 11.3 Å². The van der Waals surface area contributed by atoms with Crippen molar-refractivity contribution in [2.24, 2.45) is 0 Å². The minimum atomic E-state index is -2.81. The first-order valence-corrected chi connectivity index (χ1v) is 10.7. The van der Waals surface area contributed by atoms with Gasteiger partial charge in [0, 0.05) is 10.4 Å². The Hall–Kier alpha value is -3.64. The highest BCUT2D eigenvalue weighted by atomic mass is 32.1. The Morgan fingerprint density at radius 1 is 1.28 bits per heavy atom. The summed E-state index contributed by atoms with van der Waals surface area (Å²) in [5, 5.41) is 16.7. The molecular formula is C23H19F2N5OS. The van der Waals surface area contributed by atoms with E-state index in [0.717, 1.165) is 20.5 Å². The van der Waals surface area contributed by atoms with E-state index in [-0.39, 0.29) is 16.9 Å². The van der Waals surface area contributed by atoms with E-state index < -0.39 is 12.3 Å². The first-order valence-electron chi connectivity index (χ1n) is 9.91. The number of aromatic nitrogens is 3. The zero-order chi connectivity index (χ0) is 23.0. The lowest BCUT2D eigenvalue weighted by atomic mass is 10.1. The number of hydrogen-bond donors (Lipinski definition) is 1. The molecule has 4 rings (SSSR count). The average Bonchev–Trinajstić information content (AvgIpc) is 3.33. The van der Waals surface area contributed by atoms with Crippen LogP contribution in [-0.2, 0) is 6.42 Å². The van der Waals surface area contributed by atoms with Gasteiger partial charge in [-0.15, -0.1) is 11.3 Å². The molecule has 1 N–H and O–H groups in total. The van der Waals surface area contributed by atoms with Crippen molar-refractivity contribution < 1.29 is 13.6 Å². The molecule has 3 heterocycles. The van der Waals surface area contributed by atoms with Crippen LogP contribution in [0.15, 0.2) is 36.5 Å². The molecule has 0 radical (unpaired) electrons. The zero-order valence-corrected chi connectivity index (χ0v) is 18.4. The third-order valence-electron chi connectivity index (χ3n) is 5.22. The number of carbonyl (C=O) groups excluding carboxylic acids is 1. The maximum Gasteiger partial charge on any atom is 0.280 e. The summed E-state index contributed by atoms with van der Waals surface area (Å²) >= 11 is 1.31. The van der Waals surface area contributed by atoms with E-state index in [1.807, 2.05) is 32.9 Å². The predicted molar refractivity (Wildman–Crippen MR) is 119 cm³/mol. The van der Waals surface area contributed by atoms with Crippen molar-refractivity contribution in [3.63, 3.8) is 0 Å². The number of alkyl halides is 2. The number of amides is 1. The van der Waals surface area contributed by atoms with E-state index in [0.29, 0.717) is 28.2 Å². The summed E-state index contributed by atoms with van der Waals surface area (Å²) < 4.78 is 28.5. The summed E-state index contributed by atoms with van der Waals surface area (Å²) in [5.74, 6) is -0.561. The Balaban J connectivity index is 1.81. The Morgan fingerprint density at radius 2 is 2.00 bits per heavy atom. The molecule has 1 aromatic carbocycles. The summed E-state index contributed by atoms with van der Waals surface area (Å²) in [7, 11) is 0. The highest BCUT2D eigenvalue weighted by Crippen LogP contribution is 2.33. The lowest BCUT2D eigenvalue weighted by Gasteiger charge is -2.09. The SMILES string of the molecule is CCc1c(C)sc(NC(=O)c2cnn3c(C(F)F)cc(-c4ccc(C)cc4)nc23)c1C#N. The summed E-state index contributed by atoms with van der Waals surface area (Å²) in [5.41, 5.74) is 3.02. The average molecular weight is 452 g/mol. The molecule has 6 nitrogen and oxygen atoms in total. The summed E-state index contributed by atoms with van der Waals surface area (Å²) in [6.07, 6.45) is -0.926. The predicted octanol–water partition coefficient (Wildman–Crippen LogP) is 5.70. The number of nitrogens with zero attached hydrogens (tertiary/aromatic N) is 4. The number of thiophene rings is 1. The van der Waals surface area contributed by atoms with Crippen LogP contribution in [0.25, 0.3) is 16.9 Å². The Kier molecular flexibility index (Phi) is 5.72. The second-order valence-corrected chi connectivity index (χ2v) is 8.51. The van der Waals surface area contributed by atoms with Gasteiger partial charge in [0.2, 0.25) is 0 Å². The molecule has 1 amide bonds. The van der Waals surface area contributed by atoms with Gasteiger partial charge in [0.05, 0.1) is 17.5 Å². The zero-order valence-electron chi connectivity index (χ0n) is 17.6. The molecule has 0 spiro atoms. The van der Waals surface area contributed by atoms with Gasteiger partial charge >= 0.3 is 0 Å². The van der Waals surface area contributed by atoms with Crippen molar-refractivity contribution in [3.8, 4) is 17.3 Å². The lowest BCUT2D eigenvalue weighted by Crippen LogP contribution is -2.13. The number of nitriles is 1. The molecule has 9 heteroatoms. The van der Waals surface area contributed by atoms with Gasteiger partial charge in [-0.1, -0.05) is 36.8 Å². The molecular weight excluding hydrogens is 432 g/mol. The van der Waals surface area contributed by atoms with Crippen LogP contribution in [0.4, 0.5) is 13.8 Å². The van der Waals surface area contributed by atoms with E-state index in [1.165, 1.54) is 23.6 Å². The standard InChI is InChI=1S/C23H19F2N5OS/c1-4-15-13(3)32-23(16(15)10-26)29-22(31)17-11-27-30-19(20(24)25)9-18(28-21(17)30)14-7-5-12(2)6-8-14/h5-9,11,20H,4H2,1-3H3,(H,29,31). The Bertz CT molecular complexity index is 1370. The second kappa shape index (κ2) is 8.48. The topological polar surface area (TPSA) is 83.1 Å². The Morgan fingerprint density at radius 3 is 2.62 bits per heavy atom. The van der Waals surface area contributed by atoms with Gasteiger partial charge in [-0.05, 0) is 31.9 Å². The van der Waals surface area contributed by atoms with Crippen molar-refractivity contribution in [2.45, 2.75) is 33.6 Å². The molecule has 0 unspecified atom stereocenters. The van der Waals surface area contributed by atoms with Gasteiger partial charge in [0.25, 0.3) is 12.3 Å². The van der Waals surface area contributed by atoms with Crippen LogP contribution in [0.3, 0.4) is 0 Å². The smallest absolute Gasteiger partial charge is 0.280 e. The quantitative estimate of drug-likeness (QED) is 0.422. The summed E-state index contributed by atoms with van der Waals surface area (Å²) in [4.78, 5) is 18.5. The molecule has 0 fully saturated rings. The molecule has 3 aromatic heterocycles. The molecule has 162 valence electrons. The van der Waals surface area contributed by atoms with Crippen LogP contribution < -0.4 is 5.32 Å². The van der Waals surface area contributed by atoms with E-state index in [4.69, 9.17) is 0 Å². The lowest BCUT2D eigenvalue weighted by molar-refractivity contribution is 0.102. The van der Waals surface area contributed by atoms with Crippen LogP contribution in [0.2, 0.25) is 0 Å².